The number of hydrogen-bond acceptors (Lipinski definition) is 2. The van der Waals surface area contributed by atoms with Crippen LogP contribution >= 0.6 is 0 Å². The summed E-state index contributed by atoms with van der Waals surface area (Å²) >= 11 is 0. The number of aromatic nitrogens is 1. The molecule has 1 aromatic heterocycles. The van der Waals surface area contributed by atoms with Gasteiger partial charge in [-0.2, -0.15) is 0 Å². The van der Waals surface area contributed by atoms with Crippen molar-refractivity contribution in [2.75, 3.05) is 0 Å². The summed E-state index contributed by atoms with van der Waals surface area (Å²) in [7, 11) is 0. The zero-order chi connectivity index (χ0) is 13.5. The van der Waals surface area contributed by atoms with Crippen LogP contribution in [0.25, 0.3) is 0 Å². The van der Waals surface area contributed by atoms with E-state index in [-0.39, 0.29) is 5.88 Å². The van der Waals surface area contributed by atoms with E-state index in [0.29, 0.717) is 0 Å². The summed E-state index contributed by atoms with van der Waals surface area (Å²) in [5.41, 5.74) is 4.83. The van der Waals surface area contributed by atoms with Gasteiger partial charge in [0.1, 0.15) is 0 Å². The molecule has 1 N–H and O–H groups in total. The van der Waals surface area contributed by atoms with Crippen LogP contribution in [0.4, 0.5) is 0 Å². The molecule has 0 aromatic carbocycles. The van der Waals surface area contributed by atoms with Gasteiger partial charge in [-0.25, -0.2) is 4.98 Å². The molecule has 0 amide bonds. The predicted octanol–water partition coefficient (Wildman–Crippen LogP) is 4.34. The third-order valence-electron chi connectivity index (χ3n) is 3.64. The number of hydrogen-bond donors (Lipinski definition) is 1. The summed E-state index contributed by atoms with van der Waals surface area (Å²) in [6, 6.07) is 0. The monoisotopic (exact) mass is 249 g/mol. The highest BCUT2D eigenvalue weighted by Crippen LogP contribution is 2.27. The fraction of sp³-hybridized carbons (Fsp3) is 0.688. The fourth-order valence-electron chi connectivity index (χ4n) is 2.49. The number of aryl methyl sites for hydroxylation is 1. The maximum absolute atomic E-state index is 9.95. The highest BCUT2D eigenvalue weighted by Gasteiger charge is 2.14. The molecule has 0 aliphatic carbocycles. The normalized spacial score (nSPS) is 10.9. The van der Waals surface area contributed by atoms with Gasteiger partial charge in [-0.3, -0.25) is 0 Å². The molecule has 1 rings (SSSR count). The second-order valence-corrected chi connectivity index (χ2v) is 5.02. The average Bonchev–Trinajstić information content (AvgIpc) is 2.37. The quantitative estimate of drug-likeness (QED) is 0.779. The van der Waals surface area contributed by atoms with Crippen molar-refractivity contribution in [1.82, 2.24) is 4.98 Å². The Hall–Kier alpha value is -1.05. The largest absolute Gasteiger partial charge is 0.493 e. The van der Waals surface area contributed by atoms with Crippen LogP contribution < -0.4 is 0 Å². The maximum atomic E-state index is 9.95. The molecular formula is C16H27NO. The van der Waals surface area contributed by atoms with Crippen LogP contribution in [-0.4, -0.2) is 10.1 Å². The summed E-state index contributed by atoms with van der Waals surface area (Å²) in [6.45, 7) is 8.57. The zero-order valence-electron chi connectivity index (χ0n) is 12.3. The molecular weight excluding hydrogens is 222 g/mol. The van der Waals surface area contributed by atoms with Crippen molar-refractivity contribution in [3.05, 3.63) is 22.4 Å². The zero-order valence-corrected chi connectivity index (χ0v) is 12.3. The van der Waals surface area contributed by atoms with E-state index in [1.54, 1.807) is 0 Å². The molecule has 2 heteroatoms. The van der Waals surface area contributed by atoms with E-state index in [0.717, 1.165) is 36.9 Å². The van der Waals surface area contributed by atoms with Crippen molar-refractivity contribution < 1.29 is 5.11 Å². The van der Waals surface area contributed by atoms with Crippen LogP contribution in [0.2, 0.25) is 0 Å². The van der Waals surface area contributed by atoms with Crippen molar-refractivity contribution in [1.29, 1.82) is 0 Å². The Morgan fingerprint density at radius 2 is 1.56 bits per heavy atom. The topological polar surface area (TPSA) is 33.1 Å². The molecule has 1 heterocycles. The van der Waals surface area contributed by atoms with Crippen molar-refractivity contribution >= 4 is 0 Å². The second-order valence-electron chi connectivity index (χ2n) is 5.02. The number of nitrogens with zero attached hydrogens (tertiary/aromatic N) is 1. The van der Waals surface area contributed by atoms with Gasteiger partial charge in [0, 0.05) is 11.3 Å². The van der Waals surface area contributed by atoms with Gasteiger partial charge in [0.05, 0.1) is 0 Å². The lowest BCUT2D eigenvalue weighted by Crippen LogP contribution is -2.06. The summed E-state index contributed by atoms with van der Waals surface area (Å²) in [5.74, 6) is 0.234. The summed E-state index contributed by atoms with van der Waals surface area (Å²) in [6.07, 6.45) is 7.82. The molecule has 2 nitrogen and oxygen atoms in total. The Balaban J connectivity index is 3.15. The van der Waals surface area contributed by atoms with Crippen molar-refractivity contribution in [2.45, 2.75) is 72.6 Å². The molecule has 0 saturated heterocycles. The minimum atomic E-state index is 0.234. The SMILES string of the molecule is CCCCc1nc(O)c(C)c(CC)c1CCCC. The molecule has 0 aliphatic rings. The summed E-state index contributed by atoms with van der Waals surface area (Å²) in [4.78, 5) is 4.43. The lowest BCUT2D eigenvalue weighted by atomic mass is 9.93. The second kappa shape index (κ2) is 7.40. The van der Waals surface area contributed by atoms with Gasteiger partial charge in [0.15, 0.2) is 0 Å². The van der Waals surface area contributed by atoms with Gasteiger partial charge >= 0.3 is 0 Å². The molecule has 0 bridgehead atoms. The van der Waals surface area contributed by atoms with Gasteiger partial charge in [0.2, 0.25) is 5.88 Å². The number of unbranched alkanes of at least 4 members (excludes halogenated alkanes) is 2. The van der Waals surface area contributed by atoms with Crippen LogP contribution in [0.15, 0.2) is 0 Å². The van der Waals surface area contributed by atoms with Crippen molar-refractivity contribution in [3.8, 4) is 5.88 Å². The van der Waals surface area contributed by atoms with E-state index in [2.05, 4.69) is 25.8 Å². The van der Waals surface area contributed by atoms with E-state index in [1.807, 2.05) is 6.92 Å². The Bertz CT molecular complexity index is 385. The Morgan fingerprint density at radius 3 is 2.11 bits per heavy atom. The first kappa shape index (κ1) is 15.0. The number of rotatable bonds is 7. The van der Waals surface area contributed by atoms with Gasteiger partial charge < -0.3 is 5.11 Å². The molecule has 0 atom stereocenters. The number of pyridine rings is 1. The van der Waals surface area contributed by atoms with E-state index < -0.39 is 0 Å². The van der Waals surface area contributed by atoms with Crippen LogP contribution in [0.3, 0.4) is 0 Å². The first-order valence-corrected chi connectivity index (χ1v) is 7.35. The average molecular weight is 249 g/mol. The minimum absolute atomic E-state index is 0.234. The highest BCUT2D eigenvalue weighted by molar-refractivity contribution is 5.42. The molecule has 0 fully saturated rings. The molecule has 0 aliphatic heterocycles. The number of aromatic hydroxyl groups is 1. The molecule has 0 saturated carbocycles. The van der Waals surface area contributed by atoms with Crippen LogP contribution in [-0.2, 0) is 19.3 Å². The summed E-state index contributed by atoms with van der Waals surface area (Å²) < 4.78 is 0. The first-order valence-electron chi connectivity index (χ1n) is 7.35. The maximum Gasteiger partial charge on any atom is 0.214 e. The predicted molar refractivity (Wildman–Crippen MR) is 77.2 cm³/mol. The molecule has 1 aromatic rings. The third kappa shape index (κ3) is 3.47. The smallest absolute Gasteiger partial charge is 0.214 e. The van der Waals surface area contributed by atoms with E-state index >= 15 is 0 Å². The van der Waals surface area contributed by atoms with Crippen molar-refractivity contribution in [3.63, 3.8) is 0 Å². The minimum Gasteiger partial charge on any atom is -0.493 e. The standard InChI is InChI=1S/C16H27NO/c1-5-8-10-14-13(7-3)12(4)16(18)17-15(14)11-9-6-2/h5-11H2,1-4H3,(H,17,18). The Labute approximate surface area is 111 Å². The van der Waals surface area contributed by atoms with Gasteiger partial charge in [-0.1, -0.05) is 33.6 Å². The van der Waals surface area contributed by atoms with Crippen LogP contribution in [0.1, 0.15) is 68.8 Å². The summed E-state index contributed by atoms with van der Waals surface area (Å²) in [5, 5.41) is 9.95. The lowest BCUT2D eigenvalue weighted by Gasteiger charge is -2.16. The highest BCUT2D eigenvalue weighted by atomic mass is 16.3. The van der Waals surface area contributed by atoms with Gasteiger partial charge in [-0.05, 0) is 50.2 Å². The lowest BCUT2D eigenvalue weighted by molar-refractivity contribution is 0.444. The van der Waals surface area contributed by atoms with E-state index in [4.69, 9.17) is 0 Å². The molecule has 0 unspecified atom stereocenters. The molecule has 18 heavy (non-hydrogen) atoms. The fourth-order valence-corrected chi connectivity index (χ4v) is 2.49. The van der Waals surface area contributed by atoms with Gasteiger partial charge in [0.25, 0.3) is 0 Å². The van der Waals surface area contributed by atoms with E-state index in [1.165, 1.54) is 30.4 Å². The van der Waals surface area contributed by atoms with E-state index in [9.17, 15) is 5.11 Å². The Kier molecular flexibility index (Phi) is 6.17. The molecule has 0 radical (unpaired) electrons. The van der Waals surface area contributed by atoms with Crippen LogP contribution in [0.5, 0.6) is 5.88 Å². The molecule has 0 spiro atoms. The first-order chi connectivity index (χ1) is 8.65. The third-order valence-corrected chi connectivity index (χ3v) is 3.64. The molecule has 102 valence electrons. The Morgan fingerprint density at radius 1 is 0.944 bits per heavy atom. The van der Waals surface area contributed by atoms with Crippen molar-refractivity contribution in [2.24, 2.45) is 0 Å². The van der Waals surface area contributed by atoms with Gasteiger partial charge in [-0.15, -0.1) is 0 Å². The van der Waals surface area contributed by atoms with Crippen LogP contribution in [0, 0.1) is 6.92 Å².